The molecule has 1 unspecified atom stereocenters. The van der Waals surface area contributed by atoms with E-state index in [4.69, 9.17) is 46.4 Å². The maximum atomic E-state index is 6.34. The zero-order valence-electron chi connectivity index (χ0n) is 10.9. The van der Waals surface area contributed by atoms with Crippen molar-refractivity contribution in [1.29, 1.82) is 0 Å². The maximum Gasteiger partial charge on any atom is 0.132 e. The first kappa shape index (κ1) is 15.0. The molecule has 0 N–H and O–H groups in total. The number of aromatic nitrogens is 2. The summed E-state index contributed by atoms with van der Waals surface area (Å²) in [5.74, 6) is 0.707. The molecule has 0 saturated heterocycles. The Balaban J connectivity index is 2.38. The van der Waals surface area contributed by atoms with Gasteiger partial charge in [-0.05, 0) is 31.2 Å². The van der Waals surface area contributed by atoms with Gasteiger partial charge in [0.1, 0.15) is 5.82 Å². The first-order chi connectivity index (χ1) is 9.99. The molecule has 1 aromatic heterocycles. The summed E-state index contributed by atoms with van der Waals surface area (Å²) < 4.78 is 1.91. The van der Waals surface area contributed by atoms with Crippen molar-refractivity contribution >= 4 is 57.4 Å². The molecule has 0 aliphatic heterocycles. The van der Waals surface area contributed by atoms with Gasteiger partial charge in [-0.3, -0.25) is 4.57 Å². The van der Waals surface area contributed by atoms with Crippen LogP contribution in [0.5, 0.6) is 0 Å². The first-order valence-electron chi connectivity index (χ1n) is 6.25. The molecule has 1 atom stereocenters. The minimum Gasteiger partial charge on any atom is -0.293 e. The third-order valence-electron chi connectivity index (χ3n) is 3.17. The number of para-hydroxylation sites is 2. The van der Waals surface area contributed by atoms with Gasteiger partial charge in [0.05, 0.1) is 37.2 Å². The molecule has 0 aliphatic carbocycles. The molecule has 0 aliphatic rings. The van der Waals surface area contributed by atoms with Crippen LogP contribution in [-0.4, -0.2) is 9.55 Å². The Morgan fingerprint density at radius 2 is 1.67 bits per heavy atom. The lowest BCUT2D eigenvalue weighted by Crippen LogP contribution is -2.02. The van der Waals surface area contributed by atoms with E-state index in [2.05, 4.69) is 4.98 Å². The van der Waals surface area contributed by atoms with E-state index in [-0.39, 0.29) is 5.38 Å². The molecule has 1 heterocycles. The molecule has 2 nitrogen and oxygen atoms in total. The molecule has 3 aromatic rings. The average Bonchev–Trinajstić information content (AvgIpc) is 2.82. The van der Waals surface area contributed by atoms with Crippen molar-refractivity contribution in [1.82, 2.24) is 9.55 Å². The van der Waals surface area contributed by atoms with Crippen LogP contribution in [0, 0.1) is 0 Å². The molecule has 0 amide bonds. The van der Waals surface area contributed by atoms with Crippen molar-refractivity contribution in [2.45, 2.75) is 12.3 Å². The standard InChI is InChI=1S/C15H10Cl4N2/c1-8(16)15-20-12-4-2-3-5-13(12)21(15)14-7-10(18)9(17)6-11(14)19/h2-8H,1H3. The molecule has 3 rings (SSSR count). The number of imidazole rings is 1. The van der Waals surface area contributed by atoms with Crippen LogP contribution in [0.2, 0.25) is 15.1 Å². The number of rotatable bonds is 2. The predicted octanol–water partition coefficient (Wildman–Crippen LogP) is 6.29. The summed E-state index contributed by atoms with van der Waals surface area (Å²) in [5.41, 5.74) is 2.48. The normalized spacial score (nSPS) is 12.8. The van der Waals surface area contributed by atoms with Crippen molar-refractivity contribution in [3.63, 3.8) is 0 Å². The Bertz CT molecular complexity index is 824. The minimum atomic E-state index is -0.275. The topological polar surface area (TPSA) is 17.8 Å². The fraction of sp³-hybridized carbons (Fsp3) is 0.133. The Labute approximate surface area is 142 Å². The highest BCUT2D eigenvalue weighted by molar-refractivity contribution is 6.43. The van der Waals surface area contributed by atoms with Crippen molar-refractivity contribution < 1.29 is 0 Å². The van der Waals surface area contributed by atoms with Gasteiger partial charge < -0.3 is 0 Å². The van der Waals surface area contributed by atoms with Crippen LogP contribution in [0.1, 0.15) is 18.1 Å². The van der Waals surface area contributed by atoms with E-state index in [1.807, 2.05) is 35.8 Å². The molecule has 108 valence electrons. The Kier molecular flexibility index (Phi) is 4.06. The summed E-state index contributed by atoms with van der Waals surface area (Å²) in [6, 6.07) is 11.1. The van der Waals surface area contributed by atoms with E-state index in [0.717, 1.165) is 11.0 Å². The summed E-state index contributed by atoms with van der Waals surface area (Å²) >= 11 is 24.7. The second kappa shape index (κ2) is 5.69. The van der Waals surface area contributed by atoms with Crippen LogP contribution in [0.15, 0.2) is 36.4 Å². The van der Waals surface area contributed by atoms with Gasteiger partial charge in [-0.1, -0.05) is 46.9 Å². The molecule has 0 spiro atoms. The van der Waals surface area contributed by atoms with Gasteiger partial charge in [0.25, 0.3) is 0 Å². The van der Waals surface area contributed by atoms with E-state index >= 15 is 0 Å². The van der Waals surface area contributed by atoms with Gasteiger partial charge in [0, 0.05) is 0 Å². The highest BCUT2D eigenvalue weighted by atomic mass is 35.5. The van der Waals surface area contributed by atoms with E-state index in [1.165, 1.54) is 0 Å². The molecular formula is C15H10Cl4N2. The molecule has 2 aromatic carbocycles. The minimum absolute atomic E-state index is 0.275. The Hall–Kier alpha value is -0.930. The predicted molar refractivity (Wildman–Crippen MR) is 90.4 cm³/mol. The molecule has 0 bridgehead atoms. The van der Waals surface area contributed by atoms with Crippen LogP contribution in [-0.2, 0) is 0 Å². The molecule has 0 saturated carbocycles. The number of fused-ring (bicyclic) bond motifs is 1. The number of benzene rings is 2. The third-order valence-corrected chi connectivity index (χ3v) is 4.39. The number of nitrogens with zero attached hydrogens (tertiary/aromatic N) is 2. The molecule has 0 fully saturated rings. The SMILES string of the molecule is CC(Cl)c1nc2ccccc2n1-c1cc(Cl)c(Cl)cc1Cl. The van der Waals surface area contributed by atoms with E-state index in [0.29, 0.717) is 26.6 Å². The number of hydrogen-bond donors (Lipinski definition) is 0. The van der Waals surface area contributed by atoms with Gasteiger partial charge in [0.2, 0.25) is 0 Å². The largest absolute Gasteiger partial charge is 0.293 e. The zero-order valence-corrected chi connectivity index (χ0v) is 14.0. The number of halogens is 4. The van der Waals surface area contributed by atoms with Crippen molar-refractivity contribution in [2.24, 2.45) is 0 Å². The Morgan fingerprint density at radius 1 is 1.00 bits per heavy atom. The van der Waals surface area contributed by atoms with E-state index < -0.39 is 0 Å². The van der Waals surface area contributed by atoms with Crippen LogP contribution in [0.3, 0.4) is 0 Å². The molecule has 21 heavy (non-hydrogen) atoms. The summed E-state index contributed by atoms with van der Waals surface area (Å²) in [5, 5.41) is 1.06. The second-order valence-corrected chi connectivity index (χ2v) is 6.50. The fourth-order valence-corrected chi connectivity index (χ4v) is 3.02. The zero-order chi connectivity index (χ0) is 15.1. The van der Waals surface area contributed by atoms with Gasteiger partial charge >= 0.3 is 0 Å². The van der Waals surface area contributed by atoms with Crippen LogP contribution >= 0.6 is 46.4 Å². The first-order valence-corrected chi connectivity index (χ1v) is 7.82. The smallest absolute Gasteiger partial charge is 0.132 e. The fourth-order valence-electron chi connectivity index (χ4n) is 2.25. The maximum absolute atomic E-state index is 6.34. The van der Waals surface area contributed by atoms with Gasteiger partial charge in [-0.25, -0.2) is 4.98 Å². The third kappa shape index (κ3) is 2.62. The van der Waals surface area contributed by atoms with Gasteiger partial charge in [-0.15, -0.1) is 11.6 Å². The quantitative estimate of drug-likeness (QED) is 0.388. The van der Waals surface area contributed by atoms with Gasteiger partial charge in [-0.2, -0.15) is 0 Å². The Morgan fingerprint density at radius 3 is 2.38 bits per heavy atom. The molecule has 0 radical (unpaired) electrons. The second-order valence-electron chi connectivity index (χ2n) is 4.63. The highest BCUT2D eigenvalue weighted by Crippen LogP contribution is 2.35. The summed E-state index contributed by atoms with van der Waals surface area (Å²) in [6.45, 7) is 1.87. The van der Waals surface area contributed by atoms with E-state index in [9.17, 15) is 0 Å². The van der Waals surface area contributed by atoms with Crippen LogP contribution in [0.4, 0.5) is 0 Å². The van der Waals surface area contributed by atoms with Crippen LogP contribution < -0.4 is 0 Å². The lowest BCUT2D eigenvalue weighted by atomic mass is 10.2. The lowest BCUT2D eigenvalue weighted by molar-refractivity contribution is 0.883. The summed E-state index contributed by atoms with van der Waals surface area (Å²) in [4.78, 5) is 4.58. The van der Waals surface area contributed by atoms with Crippen molar-refractivity contribution in [3.8, 4) is 5.69 Å². The average molecular weight is 360 g/mol. The van der Waals surface area contributed by atoms with Crippen molar-refractivity contribution in [2.75, 3.05) is 0 Å². The number of hydrogen-bond acceptors (Lipinski definition) is 1. The summed E-state index contributed by atoms with van der Waals surface area (Å²) in [6.07, 6.45) is 0. The van der Waals surface area contributed by atoms with Crippen LogP contribution in [0.25, 0.3) is 16.7 Å². The van der Waals surface area contributed by atoms with Gasteiger partial charge in [0.15, 0.2) is 0 Å². The molecular weight excluding hydrogens is 350 g/mol. The monoisotopic (exact) mass is 358 g/mol. The highest BCUT2D eigenvalue weighted by Gasteiger charge is 2.18. The lowest BCUT2D eigenvalue weighted by Gasteiger charge is -2.13. The van der Waals surface area contributed by atoms with Crippen molar-refractivity contribution in [3.05, 3.63) is 57.3 Å². The summed E-state index contributed by atoms with van der Waals surface area (Å²) in [7, 11) is 0. The van der Waals surface area contributed by atoms with E-state index in [1.54, 1.807) is 12.1 Å². The number of alkyl halides is 1. The molecule has 6 heteroatoms.